The number of fused-ring (bicyclic) bond motifs is 3. The zero-order valence-corrected chi connectivity index (χ0v) is 21.7. The molecule has 176 valence electrons. The van der Waals surface area contributed by atoms with Crippen molar-refractivity contribution in [2.45, 2.75) is 65.5 Å². The van der Waals surface area contributed by atoms with Crippen LogP contribution in [0.25, 0.3) is 22.6 Å². The second kappa shape index (κ2) is 7.80. The van der Waals surface area contributed by atoms with Crippen molar-refractivity contribution in [1.82, 2.24) is 19.7 Å². The molecule has 1 fully saturated rings. The number of nitrogens with zero attached hydrogens (tertiary/aromatic N) is 4. The Morgan fingerprint density at radius 2 is 2.15 bits per heavy atom. The van der Waals surface area contributed by atoms with Gasteiger partial charge in [-0.2, -0.15) is 5.10 Å². The minimum atomic E-state index is -1.12. The van der Waals surface area contributed by atoms with Gasteiger partial charge in [-0.25, -0.2) is 9.67 Å². The molecule has 1 aromatic carbocycles. The van der Waals surface area contributed by atoms with Gasteiger partial charge in [-0.3, -0.25) is 4.79 Å². The van der Waals surface area contributed by atoms with Crippen molar-refractivity contribution in [2.24, 2.45) is 11.3 Å². The first-order valence-corrected chi connectivity index (χ1v) is 15.7. The van der Waals surface area contributed by atoms with E-state index in [1.54, 1.807) is 18.9 Å². The molecule has 0 aliphatic heterocycles. The molecule has 2 atom stereocenters. The van der Waals surface area contributed by atoms with Crippen LogP contribution in [0.5, 0.6) is 0 Å². The van der Waals surface area contributed by atoms with Crippen molar-refractivity contribution in [3.8, 4) is 11.5 Å². The third-order valence-electron chi connectivity index (χ3n) is 7.49. The Morgan fingerprint density at radius 3 is 2.88 bits per heavy atom. The van der Waals surface area contributed by atoms with Gasteiger partial charge in [0.15, 0.2) is 5.82 Å². The molecule has 0 bridgehead atoms. The van der Waals surface area contributed by atoms with E-state index in [4.69, 9.17) is 14.8 Å². The van der Waals surface area contributed by atoms with Gasteiger partial charge in [0.05, 0.1) is 11.0 Å². The molecule has 2 aliphatic carbocycles. The van der Waals surface area contributed by atoms with Gasteiger partial charge >= 0.3 is 0 Å². The first kappa shape index (κ1) is 22.3. The lowest BCUT2D eigenvalue weighted by atomic mass is 9.87. The molecule has 2 aliphatic rings. The number of amides is 1. The van der Waals surface area contributed by atoms with Crippen LogP contribution in [0.2, 0.25) is 25.7 Å². The SMILES string of the molecule is CC(=O)N(C)c1ccc2[nH]c(-c3nn(COCC[Si](C)(C)C)c4c3C[C@@H]3C[C@]3(C)C4)nc2c1. The van der Waals surface area contributed by atoms with Crippen LogP contribution in [0.3, 0.4) is 0 Å². The highest BCUT2D eigenvalue weighted by molar-refractivity contribution is 6.76. The first-order valence-electron chi connectivity index (χ1n) is 11.9. The molecule has 2 heterocycles. The molecular weight excluding hydrogens is 430 g/mol. The number of nitrogens with one attached hydrogen (secondary N) is 1. The van der Waals surface area contributed by atoms with Crippen molar-refractivity contribution in [1.29, 1.82) is 0 Å². The van der Waals surface area contributed by atoms with Gasteiger partial charge in [0.2, 0.25) is 5.91 Å². The maximum Gasteiger partial charge on any atom is 0.223 e. The van der Waals surface area contributed by atoms with E-state index in [-0.39, 0.29) is 5.91 Å². The molecule has 0 radical (unpaired) electrons. The molecule has 0 saturated heterocycles. The summed E-state index contributed by atoms with van der Waals surface area (Å²) in [7, 11) is 0.661. The molecule has 3 aromatic rings. The van der Waals surface area contributed by atoms with Crippen LogP contribution in [0.15, 0.2) is 18.2 Å². The molecular formula is C25H35N5O2Si. The van der Waals surface area contributed by atoms with Crippen molar-refractivity contribution in [3.05, 3.63) is 29.5 Å². The fraction of sp³-hybridized carbons (Fsp3) is 0.560. The van der Waals surface area contributed by atoms with E-state index in [0.29, 0.717) is 12.1 Å². The Kier molecular flexibility index (Phi) is 5.28. The van der Waals surface area contributed by atoms with Gasteiger partial charge in [-0.15, -0.1) is 0 Å². The van der Waals surface area contributed by atoms with Gasteiger partial charge in [0.1, 0.15) is 12.4 Å². The second-order valence-electron chi connectivity index (χ2n) is 11.4. The highest BCUT2D eigenvalue weighted by Crippen LogP contribution is 2.60. The summed E-state index contributed by atoms with van der Waals surface area (Å²) in [5.41, 5.74) is 6.64. The number of hydrogen-bond donors (Lipinski definition) is 1. The number of benzene rings is 1. The molecule has 1 saturated carbocycles. The quantitative estimate of drug-likeness (QED) is 0.400. The fourth-order valence-electron chi connectivity index (χ4n) is 4.94. The zero-order chi connectivity index (χ0) is 23.5. The Labute approximate surface area is 196 Å². The lowest BCUT2D eigenvalue weighted by molar-refractivity contribution is -0.116. The van der Waals surface area contributed by atoms with E-state index >= 15 is 0 Å². The summed E-state index contributed by atoms with van der Waals surface area (Å²) in [4.78, 5) is 21.8. The average Bonchev–Trinajstić information content (AvgIpc) is 3.06. The largest absolute Gasteiger partial charge is 0.360 e. The van der Waals surface area contributed by atoms with Crippen LogP contribution in [0.1, 0.15) is 31.5 Å². The summed E-state index contributed by atoms with van der Waals surface area (Å²) in [6, 6.07) is 7.05. The topological polar surface area (TPSA) is 76.0 Å². The second-order valence-corrected chi connectivity index (χ2v) is 17.0. The monoisotopic (exact) mass is 465 g/mol. The van der Waals surface area contributed by atoms with Crippen LogP contribution in [0, 0.1) is 11.3 Å². The molecule has 1 amide bonds. The Balaban J connectivity index is 1.46. The first-order chi connectivity index (χ1) is 15.5. The zero-order valence-electron chi connectivity index (χ0n) is 20.7. The molecule has 33 heavy (non-hydrogen) atoms. The van der Waals surface area contributed by atoms with Gasteiger partial charge < -0.3 is 14.6 Å². The summed E-state index contributed by atoms with van der Waals surface area (Å²) >= 11 is 0. The van der Waals surface area contributed by atoms with Crippen LogP contribution in [0.4, 0.5) is 5.69 Å². The Hall–Kier alpha value is -2.45. The number of carbonyl (C=O) groups is 1. The number of anilines is 1. The van der Waals surface area contributed by atoms with Gasteiger partial charge in [-0.05, 0) is 54.8 Å². The van der Waals surface area contributed by atoms with E-state index in [2.05, 4.69) is 36.2 Å². The molecule has 0 spiro atoms. The van der Waals surface area contributed by atoms with E-state index in [1.165, 1.54) is 17.7 Å². The third-order valence-corrected chi connectivity index (χ3v) is 9.19. The molecule has 5 rings (SSSR count). The van der Waals surface area contributed by atoms with Crippen LogP contribution in [-0.4, -0.2) is 47.4 Å². The summed E-state index contributed by atoms with van der Waals surface area (Å²) in [6.07, 6.45) is 3.41. The number of aromatic amines is 1. The number of carbonyl (C=O) groups excluding carboxylic acids is 1. The Bertz CT molecular complexity index is 1220. The van der Waals surface area contributed by atoms with Gasteiger partial charge in [0.25, 0.3) is 0 Å². The standard InChI is InChI=1S/C25H35N5O2Si/c1-16(31)29(3)18-7-8-20-21(12-18)27-24(26-20)23-19-11-17-13-25(17,2)14-22(19)30(28-23)15-32-9-10-33(4,5)6/h7-8,12,17H,9-11,13-15H2,1-6H3,(H,26,27)/t17-,25-/m1/s1. The van der Waals surface area contributed by atoms with Crippen LogP contribution < -0.4 is 4.90 Å². The fourth-order valence-corrected chi connectivity index (χ4v) is 5.69. The minimum Gasteiger partial charge on any atom is -0.360 e. The minimum absolute atomic E-state index is 0.000434. The molecule has 0 unspecified atom stereocenters. The molecule has 8 heteroatoms. The van der Waals surface area contributed by atoms with Crippen molar-refractivity contribution in [2.75, 3.05) is 18.6 Å². The highest BCUT2D eigenvalue weighted by atomic mass is 28.3. The molecule has 1 N–H and O–H groups in total. The van der Waals surface area contributed by atoms with Crippen molar-refractivity contribution < 1.29 is 9.53 Å². The summed E-state index contributed by atoms with van der Waals surface area (Å²) in [5.74, 6) is 1.54. The Morgan fingerprint density at radius 1 is 1.36 bits per heavy atom. The smallest absolute Gasteiger partial charge is 0.223 e. The third kappa shape index (κ3) is 4.26. The maximum absolute atomic E-state index is 11.8. The number of hydrogen-bond acceptors (Lipinski definition) is 4. The number of H-pyrrole nitrogens is 1. The maximum atomic E-state index is 11.8. The number of imidazole rings is 1. The summed E-state index contributed by atoms with van der Waals surface area (Å²) in [5, 5.41) is 5.01. The number of aromatic nitrogens is 4. The van der Waals surface area contributed by atoms with E-state index in [1.807, 2.05) is 18.2 Å². The number of rotatable bonds is 7. The van der Waals surface area contributed by atoms with E-state index in [0.717, 1.165) is 59.6 Å². The molecule has 7 nitrogen and oxygen atoms in total. The lowest BCUT2D eigenvalue weighted by Crippen LogP contribution is -2.23. The van der Waals surface area contributed by atoms with Gasteiger partial charge in [-0.1, -0.05) is 26.6 Å². The lowest BCUT2D eigenvalue weighted by Gasteiger charge is -2.20. The van der Waals surface area contributed by atoms with E-state index in [9.17, 15) is 4.79 Å². The average molecular weight is 466 g/mol. The molecule has 2 aromatic heterocycles. The predicted molar refractivity (Wildman–Crippen MR) is 134 cm³/mol. The van der Waals surface area contributed by atoms with Gasteiger partial charge in [0, 0.05) is 45.6 Å². The van der Waals surface area contributed by atoms with Crippen molar-refractivity contribution >= 4 is 30.7 Å². The van der Waals surface area contributed by atoms with Crippen LogP contribution in [-0.2, 0) is 29.1 Å². The summed E-state index contributed by atoms with van der Waals surface area (Å²) < 4.78 is 8.16. The number of ether oxygens (including phenoxy) is 1. The van der Waals surface area contributed by atoms with Crippen molar-refractivity contribution in [3.63, 3.8) is 0 Å². The highest BCUT2D eigenvalue weighted by Gasteiger charge is 2.54. The predicted octanol–water partition coefficient (Wildman–Crippen LogP) is 4.85. The van der Waals surface area contributed by atoms with Crippen LogP contribution >= 0.6 is 0 Å². The summed E-state index contributed by atoms with van der Waals surface area (Å²) in [6.45, 7) is 12.4. The normalized spacial score (nSPS) is 21.7. The van der Waals surface area contributed by atoms with E-state index < -0.39 is 8.07 Å².